The Morgan fingerprint density at radius 2 is 2.06 bits per heavy atom. The fourth-order valence-corrected chi connectivity index (χ4v) is 1.54. The largest absolute Gasteiger partial charge is 0.480 e. The Balaban J connectivity index is 2.01. The van der Waals surface area contributed by atoms with Gasteiger partial charge in [0.25, 0.3) is 0 Å². The summed E-state index contributed by atoms with van der Waals surface area (Å²) in [5.74, 6) is -1.32. The van der Waals surface area contributed by atoms with E-state index in [-0.39, 0.29) is 25.0 Å². The van der Waals surface area contributed by atoms with Gasteiger partial charge in [-0.05, 0) is 25.9 Å². The van der Waals surface area contributed by atoms with Crippen molar-refractivity contribution in [1.29, 1.82) is 0 Å². The molecule has 0 aliphatic carbocycles. The number of hydrogen-bond acceptors (Lipinski definition) is 4. The number of carbonyl (C=O) groups excluding carboxylic acids is 1. The van der Waals surface area contributed by atoms with Crippen LogP contribution in [0.5, 0.6) is 0 Å². The van der Waals surface area contributed by atoms with Gasteiger partial charge in [-0.1, -0.05) is 0 Å². The Bertz CT molecular complexity index is 239. The van der Waals surface area contributed by atoms with Crippen LogP contribution in [0.1, 0.15) is 19.3 Å². The third-order valence-corrected chi connectivity index (χ3v) is 2.41. The Morgan fingerprint density at radius 1 is 1.38 bits per heavy atom. The highest BCUT2D eigenvalue weighted by atomic mass is 16.5. The molecule has 0 aromatic rings. The van der Waals surface area contributed by atoms with E-state index in [0.29, 0.717) is 6.61 Å². The van der Waals surface area contributed by atoms with Crippen molar-refractivity contribution in [2.24, 2.45) is 0 Å². The smallest absolute Gasteiger partial charge is 0.322 e. The van der Waals surface area contributed by atoms with E-state index in [1.54, 1.807) is 0 Å². The van der Waals surface area contributed by atoms with Gasteiger partial charge in [-0.15, -0.1) is 0 Å². The highest BCUT2D eigenvalue weighted by Crippen LogP contribution is 2.07. The van der Waals surface area contributed by atoms with Crippen LogP contribution in [0.25, 0.3) is 0 Å². The first kappa shape index (κ1) is 12.9. The molecule has 6 nitrogen and oxygen atoms in total. The lowest BCUT2D eigenvalue weighted by molar-refractivity contribution is -0.138. The van der Waals surface area contributed by atoms with Crippen LogP contribution in [0.2, 0.25) is 0 Å². The summed E-state index contributed by atoms with van der Waals surface area (Å²) in [7, 11) is 0. The molecule has 1 aliphatic heterocycles. The first-order valence-corrected chi connectivity index (χ1v) is 5.49. The van der Waals surface area contributed by atoms with Crippen LogP contribution >= 0.6 is 0 Å². The lowest BCUT2D eigenvalue weighted by atomic mass is 10.1. The molecular formula is C10H18N2O4. The van der Waals surface area contributed by atoms with Crippen molar-refractivity contribution in [2.75, 3.05) is 26.2 Å². The number of hydrogen-bond donors (Lipinski definition) is 3. The van der Waals surface area contributed by atoms with Crippen molar-refractivity contribution in [3.8, 4) is 0 Å². The van der Waals surface area contributed by atoms with Crippen molar-refractivity contribution >= 4 is 11.9 Å². The zero-order chi connectivity index (χ0) is 11.8. The molecule has 0 saturated carbocycles. The Kier molecular flexibility index (Phi) is 5.81. The summed E-state index contributed by atoms with van der Waals surface area (Å²) in [6, 6.07) is 0. The Labute approximate surface area is 94.3 Å². The Morgan fingerprint density at radius 3 is 2.69 bits per heavy atom. The van der Waals surface area contributed by atoms with Crippen molar-refractivity contribution in [1.82, 2.24) is 10.6 Å². The summed E-state index contributed by atoms with van der Waals surface area (Å²) in [5.41, 5.74) is 0. The maximum atomic E-state index is 11.1. The number of aliphatic carboxylic acids is 1. The van der Waals surface area contributed by atoms with Crippen molar-refractivity contribution in [2.45, 2.75) is 25.4 Å². The van der Waals surface area contributed by atoms with Crippen LogP contribution < -0.4 is 10.6 Å². The number of ether oxygens (including phenoxy) is 1. The number of carboxylic acids is 1. The molecule has 1 heterocycles. The van der Waals surface area contributed by atoms with Crippen molar-refractivity contribution < 1.29 is 19.4 Å². The number of amides is 1. The molecule has 1 amide bonds. The van der Waals surface area contributed by atoms with Crippen LogP contribution in [0.15, 0.2) is 0 Å². The number of carboxylic acid groups (broad SMARTS) is 1. The average Bonchev–Trinajstić information content (AvgIpc) is 2.28. The van der Waals surface area contributed by atoms with Crippen LogP contribution in [-0.4, -0.2) is 49.3 Å². The van der Waals surface area contributed by atoms with Crippen LogP contribution in [-0.2, 0) is 14.3 Å². The highest BCUT2D eigenvalue weighted by molar-refractivity contribution is 5.81. The molecular weight excluding hydrogens is 212 g/mol. The minimum atomic E-state index is -1.03. The van der Waals surface area contributed by atoms with E-state index < -0.39 is 5.97 Å². The van der Waals surface area contributed by atoms with Gasteiger partial charge in [0, 0.05) is 6.42 Å². The van der Waals surface area contributed by atoms with Gasteiger partial charge in [0.1, 0.15) is 6.54 Å². The maximum absolute atomic E-state index is 11.1. The van der Waals surface area contributed by atoms with E-state index in [1.807, 2.05) is 0 Å². The molecule has 0 unspecified atom stereocenters. The minimum Gasteiger partial charge on any atom is -0.480 e. The third-order valence-electron chi connectivity index (χ3n) is 2.41. The maximum Gasteiger partial charge on any atom is 0.322 e. The summed E-state index contributed by atoms with van der Waals surface area (Å²) in [6.07, 6.45) is 2.39. The number of nitrogens with one attached hydrogen (secondary N) is 2. The zero-order valence-electron chi connectivity index (χ0n) is 9.20. The fourth-order valence-electron chi connectivity index (χ4n) is 1.54. The number of carbonyl (C=O) groups is 2. The standard InChI is InChI=1S/C10H18N2O4/c13-9(12-7-10(14)15)3-6-16-8-1-4-11-5-2-8/h8,11H,1-7H2,(H,12,13)(H,14,15). The molecule has 0 spiro atoms. The van der Waals surface area contributed by atoms with Gasteiger partial charge in [-0.25, -0.2) is 0 Å². The first-order chi connectivity index (χ1) is 7.68. The highest BCUT2D eigenvalue weighted by Gasteiger charge is 2.13. The molecule has 0 atom stereocenters. The van der Waals surface area contributed by atoms with Crippen molar-refractivity contribution in [3.05, 3.63) is 0 Å². The number of piperidine rings is 1. The first-order valence-electron chi connectivity index (χ1n) is 5.49. The molecule has 0 bridgehead atoms. The second-order valence-corrected chi connectivity index (χ2v) is 3.74. The van der Waals surface area contributed by atoms with Gasteiger partial charge in [0.05, 0.1) is 12.7 Å². The Hall–Kier alpha value is -1.14. The van der Waals surface area contributed by atoms with Gasteiger partial charge >= 0.3 is 5.97 Å². The lowest BCUT2D eigenvalue weighted by Gasteiger charge is -2.22. The van der Waals surface area contributed by atoms with E-state index in [4.69, 9.17) is 9.84 Å². The van der Waals surface area contributed by atoms with Crippen LogP contribution in [0.4, 0.5) is 0 Å². The van der Waals surface area contributed by atoms with E-state index in [0.717, 1.165) is 25.9 Å². The second-order valence-electron chi connectivity index (χ2n) is 3.74. The summed E-state index contributed by atoms with van der Waals surface area (Å²) in [6.45, 7) is 1.94. The molecule has 0 aromatic heterocycles. The summed E-state index contributed by atoms with van der Waals surface area (Å²) >= 11 is 0. The minimum absolute atomic E-state index is 0.219. The predicted octanol–water partition coefficient (Wildman–Crippen LogP) is -0.654. The molecule has 1 aliphatic rings. The molecule has 16 heavy (non-hydrogen) atoms. The lowest BCUT2D eigenvalue weighted by Crippen LogP contribution is -2.34. The van der Waals surface area contributed by atoms with E-state index in [1.165, 1.54) is 0 Å². The monoisotopic (exact) mass is 230 g/mol. The fraction of sp³-hybridized carbons (Fsp3) is 0.800. The van der Waals surface area contributed by atoms with Crippen molar-refractivity contribution in [3.63, 3.8) is 0 Å². The molecule has 92 valence electrons. The molecule has 1 saturated heterocycles. The molecule has 3 N–H and O–H groups in total. The summed E-state index contributed by atoms with van der Waals surface area (Å²) < 4.78 is 5.51. The molecule has 1 fully saturated rings. The quantitative estimate of drug-likeness (QED) is 0.564. The van der Waals surface area contributed by atoms with Gasteiger partial charge < -0.3 is 20.5 Å². The predicted molar refractivity (Wildman–Crippen MR) is 57.1 cm³/mol. The number of rotatable bonds is 6. The van der Waals surface area contributed by atoms with Gasteiger partial charge in [-0.2, -0.15) is 0 Å². The van der Waals surface area contributed by atoms with E-state index in [2.05, 4.69) is 10.6 Å². The molecule has 6 heteroatoms. The van der Waals surface area contributed by atoms with E-state index >= 15 is 0 Å². The van der Waals surface area contributed by atoms with Gasteiger partial charge in [0.15, 0.2) is 0 Å². The molecule has 0 aromatic carbocycles. The summed E-state index contributed by atoms with van der Waals surface area (Å²) in [5, 5.41) is 13.8. The third kappa shape index (κ3) is 5.67. The van der Waals surface area contributed by atoms with E-state index in [9.17, 15) is 9.59 Å². The topological polar surface area (TPSA) is 87.7 Å². The second kappa shape index (κ2) is 7.19. The summed E-state index contributed by atoms with van der Waals surface area (Å²) in [4.78, 5) is 21.3. The van der Waals surface area contributed by atoms with Crippen LogP contribution in [0, 0.1) is 0 Å². The normalized spacial score (nSPS) is 17.0. The molecule has 0 radical (unpaired) electrons. The molecule has 1 rings (SSSR count). The van der Waals surface area contributed by atoms with Crippen LogP contribution in [0.3, 0.4) is 0 Å². The SMILES string of the molecule is O=C(O)CNC(=O)CCOC1CCNCC1. The zero-order valence-corrected chi connectivity index (χ0v) is 9.20. The van der Waals surface area contributed by atoms with Gasteiger partial charge in [0.2, 0.25) is 5.91 Å². The average molecular weight is 230 g/mol. The van der Waals surface area contributed by atoms with Gasteiger partial charge in [-0.3, -0.25) is 9.59 Å².